The first-order valence-electron chi connectivity index (χ1n) is 6.10. The maximum Gasteiger partial charge on any atom is 0.256 e. The Labute approximate surface area is 129 Å². The summed E-state index contributed by atoms with van der Waals surface area (Å²) in [5, 5.41) is 2.66. The van der Waals surface area contributed by atoms with Crippen LogP contribution in [0.15, 0.2) is 46.9 Å². The Morgan fingerprint density at radius 1 is 1.14 bits per heavy atom. The van der Waals surface area contributed by atoms with Gasteiger partial charge in [-0.05, 0) is 45.8 Å². The second-order valence-electron chi connectivity index (χ2n) is 4.40. The van der Waals surface area contributed by atoms with E-state index in [1.807, 2.05) is 0 Å². The molecule has 2 amide bonds. The summed E-state index contributed by atoms with van der Waals surface area (Å²) in [6, 6.07) is 10.9. The van der Waals surface area contributed by atoms with Gasteiger partial charge in [-0.3, -0.25) is 9.59 Å². The van der Waals surface area contributed by atoms with Crippen molar-refractivity contribution in [1.82, 2.24) is 0 Å². The summed E-state index contributed by atoms with van der Waals surface area (Å²) in [6.45, 7) is 0. The molecule has 0 aromatic heterocycles. The number of nitrogens with two attached hydrogens (primary N) is 1. The van der Waals surface area contributed by atoms with Gasteiger partial charge in [-0.25, -0.2) is 4.39 Å². The normalized spacial score (nSPS) is 10.2. The van der Waals surface area contributed by atoms with Gasteiger partial charge >= 0.3 is 0 Å². The van der Waals surface area contributed by atoms with E-state index in [1.165, 1.54) is 18.2 Å². The minimum atomic E-state index is -0.501. The van der Waals surface area contributed by atoms with E-state index in [9.17, 15) is 14.0 Å². The van der Waals surface area contributed by atoms with Gasteiger partial charge < -0.3 is 11.1 Å². The highest BCUT2D eigenvalue weighted by molar-refractivity contribution is 9.10. The molecule has 0 saturated carbocycles. The van der Waals surface area contributed by atoms with Gasteiger partial charge in [-0.2, -0.15) is 0 Å². The number of benzene rings is 2. The van der Waals surface area contributed by atoms with Crippen LogP contribution >= 0.6 is 15.9 Å². The van der Waals surface area contributed by atoms with Crippen molar-refractivity contribution in [3.63, 3.8) is 0 Å². The Morgan fingerprint density at radius 2 is 1.81 bits per heavy atom. The molecule has 4 nitrogen and oxygen atoms in total. The van der Waals surface area contributed by atoms with Gasteiger partial charge in [0.1, 0.15) is 5.82 Å². The number of anilines is 1. The molecule has 0 saturated heterocycles. The first-order valence-corrected chi connectivity index (χ1v) is 6.89. The zero-order valence-corrected chi connectivity index (χ0v) is 12.5. The Balaban J connectivity index is 2.12. The lowest BCUT2D eigenvalue weighted by atomic mass is 10.1. The third kappa shape index (κ3) is 3.88. The van der Waals surface area contributed by atoms with E-state index in [2.05, 4.69) is 21.2 Å². The predicted molar refractivity (Wildman–Crippen MR) is 81.4 cm³/mol. The molecule has 6 heteroatoms. The van der Waals surface area contributed by atoms with E-state index in [0.29, 0.717) is 5.69 Å². The molecule has 0 aliphatic rings. The summed E-state index contributed by atoms with van der Waals surface area (Å²) in [5.41, 5.74) is 6.61. The van der Waals surface area contributed by atoms with Gasteiger partial charge in [0.2, 0.25) is 5.91 Å². The molecular weight excluding hydrogens is 339 g/mol. The van der Waals surface area contributed by atoms with Crippen LogP contribution in [0.5, 0.6) is 0 Å². The van der Waals surface area contributed by atoms with Crippen molar-refractivity contribution < 1.29 is 14.0 Å². The van der Waals surface area contributed by atoms with Crippen molar-refractivity contribution in [2.75, 3.05) is 5.32 Å². The summed E-state index contributed by atoms with van der Waals surface area (Å²) in [6.07, 6.45) is 0.143. The molecule has 2 rings (SSSR count). The van der Waals surface area contributed by atoms with Gasteiger partial charge in [-0.1, -0.05) is 18.2 Å². The number of carbonyl (C=O) groups is 2. The molecule has 2 aromatic rings. The SMILES string of the molecule is NC(=O)Cc1ccc(NC(=O)c2cccc(F)c2Br)cc1. The number of primary amides is 1. The zero-order valence-electron chi connectivity index (χ0n) is 10.9. The second-order valence-corrected chi connectivity index (χ2v) is 5.19. The van der Waals surface area contributed by atoms with E-state index in [-0.39, 0.29) is 16.5 Å². The van der Waals surface area contributed by atoms with Gasteiger partial charge in [0.05, 0.1) is 16.5 Å². The van der Waals surface area contributed by atoms with Crippen molar-refractivity contribution in [2.45, 2.75) is 6.42 Å². The van der Waals surface area contributed by atoms with Crippen LogP contribution < -0.4 is 11.1 Å². The molecule has 0 fully saturated rings. The highest BCUT2D eigenvalue weighted by Gasteiger charge is 2.13. The average molecular weight is 351 g/mol. The van der Waals surface area contributed by atoms with E-state index in [0.717, 1.165) is 5.56 Å². The summed E-state index contributed by atoms with van der Waals surface area (Å²) >= 11 is 3.05. The fraction of sp³-hybridized carbons (Fsp3) is 0.0667. The average Bonchev–Trinajstić information content (AvgIpc) is 2.43. The summed E-state index contributed by atoms with van der Waals surface area (Å²) in [4.78, 5) is 22.9. The van der Waals surface area contributed by atoms with Gasteiger partial charge in [0, 0.05) is 5.69 Å². The van der Waals surface area contributed by atoms with E-state index in [1.54, 1.807) is 24.3 Å². The van der Waals surface area contributed by atoms with Crippen molar-refractivity contribution in [3.05, 3.63) is 63.9 Å². The third-order valence-electron chi connectivity index (χ3n) is 2.79. The van der Waals surface area contributed by atoms with Crippen LogP contribution in [0.3, 0.4) is 0 Å². The molecule has 108 valence electrons. The largest absolute Gasteiger partial charge is 0.369 e. The lowest BCUT2D eigenvalue weighted by Gasteiger charge is -2.08. The smallest absolute Gasteiger partial charge is 0.256 e. The van der Waals surface area contributed by atoms with Crippen molar-refractivity contribution in [1.29, 1.82) is 0 Å². The zero-order chi connectivity index (χ0) is 15.4. The van der Waals surface area contributed by atoms with Crippen molar-refractivity contribution >= 4 is 33.4 Å². The molecule has 0 spiro atoms. The number of halogens is 2. The molecular formula is C15H12BrFN2O2. The van der Waals surface area contributed by atoms with Crippen molar-refractivity contribution in [2.24, 2.45) is 5.73 Å². The first kappa shape index (κ1) is 15.2. The first-order chi connectivity index (χ1) is 9.97. The molecule has 0 aliphatic carbocycles. The molecule has 0 unspecified atom stereocenters. The van der Waals surface area contributed by atoms with Crippen LogP contribution in [0.4, 0.5) is 10.1 Å². The van der Waals surface area contributed by atoms with Gasteiger partial charge in [-0.15, -0.1) is 0 Å². The van der Waals surface area contributed by atoms with Crippen LogP contribution in [0.2, 0.25) is 0 Å². The number of rotatable bonds is 4. The third-order valence-corrected chi connectivity index (χ3v) is 3.59. The van der Waals surface area contributed by atoms with E-state index >= 15 is 0 Å². The fourth-order valence-electron chi connectivity index (χ4n) is 1.78. The van der Waals surface area contributed by atoms with Gasteiger partial charge in [0.15, 0.2) is 0 Å². The maximum absolute atomic E-state index is 13.4. The Hall–Kier alpha value is -2.21. The van der Waals surface area contributed by atoms with Crippen molar-refractivity contribution in [3.8, 4) is 0 Å². The lowest BCUT2D eigenvalue weighted by Crippen LogP contribution is -2.14. The summed E-state index contributed by atoms with van der Waals surface area (Å²) < 4.78 is 13.5. The molecule has 21 heavy (non-hydrogen) atoms. The molecule has 0 bridgehead atoms. The van der Waals surface area contributed by atoms with Crippen LogP contribution in [0, 0.1) is 5.82 Å². The monoisotopic (exact) mass is 350 g/mol. The van der Waals surface area contributed by atoms with E-state index < -0.39 is 17.6 Å². The van der Waals surface area contributed by atoms with E-state index in [4.69, 9.17) is 5.73 Å². The Bertz CT molecular complexity index is 687. The summed E-state index contributed by atoms with van der Waals surface area (Å²) in [7, 11) is 0. The van der Waals surface area contributed by atoms with Crippen LogP contribution in [-0.4, -0.2) is 11.8 Å². The molecule has 0 radical (unpaired) electrons. The van der Waals surface area contributed by atoms with Gasteiger partial charge in [0.25, 0.3) is 5.91 Å². The highest BCUT2D eigenvalue weighted by atomic mass is 79.9. The summed E-state index contributed by atoms with van der Waals surface area (Å²) in [5.74, 6) is -1.35. The molecule has 0 heterocycles. The number of carbonyl (C=O) groups excluding carboxylic acids is 2. The minimum absolute atomic E-state index is 0.118. The highest BCUT2D eigenvalue weighted by Crippen LogP contribution is 2.21. The molecule has 0 atom stereocenters. The standard InChI is InChI=1S/C15H12BrFN2O2/c16-14-11(2-1-3-12(14)17)15(21)19-10-6-4-9(5-7-10)8-13(18)20/h1-7H,8H2,(H2,18,20)(H,19,21). The number of hydrogen-bond acceptors (Lipinski definition) is 2. The topological polar surface area (TPSA) is 72.2 Å². The predicted octanol–water partition coefficient (Wildman–Crippen LogP) is 2.87. The minimum Gasteiger partial charge on any atom is -0.369 e. The molecule has 0 aliphatic heterocycles. The lowest BCUT2D eigenvalue weighted by molar-refractivity contribution is -0.117. The molecule has 2 aromatic carbocycles. The fourth-order valence-corrected chi connectivity index (χ4v) is 2.23. The quantitative estimate of drug-likeness (QED) is 0.889. The maximum atomic E-state index is 13.4. The molecule has 3 N–H and O–H groups in total. The number of nitrogens with one attached hydrogen (secondary N) is 1. The second kappa shape index (κ2) is 6.49. The Morgan fingerprint density at radius 3 is 2.43 bits per heavy atom. The van der Waals surface area contributed by atoms with Crippen LogP contribution in [-0.2, 0) is 11.2 Å². The van der Waals surface area contributed by atoms with Crippen LogP contribution in [0.1, 0.15) is 15.9 Å². The number of hydrogen-bond donors (Lipinski definition) is 2. The number of amides is 2. The van der Waals surface area contributed by atoms with Crippen LogP contribution in [0.25, 0.3) is 0 Å². The Kier molecular flexibility index (Phi) is 4.70.